The van der Waals surface area contributed by atoms with Gasteiger partial charge in [0.05, 0.1) is 0 Å². The molecule has 19 heavy (non-hydrogen) atoms. The topological polar surface area (TPSA) is 88.5 Å². The SMILES string of the molecule is CC([O-])=N[C@@H](Cc1c[nH]c2ccccc12)C(=O)O.[Li+]. The second-order valence-electron chi connectivity index (χ2n) is 4.07. The Morgan fingerprint density at radius 2 is 2.16 bits per heavy atom. The number of benzene rings is 1. The van der Waals surface area contributed by atoms with Gasteiger partial charge in [-0.25, -0.2) is 4.79 Å². The average molecular weight is 252 g/mol. The fraction of sp³-hybridized carbons (Fsp3) is 0.231. The molecule has 1 aromatic carbocycles. The number of aliphatic imine (C=N–C) groups is 1. The summed E-state index contributed by atoms with van der Waals surface area (Å²) >= 11 is 0. The number of carbonyl (C=O) groups is 1. The first-order chi connectivity index (χ1) is 8.58. The van der Waals surface area contributed by atoms with Gasteiger partial charge in [-0.05, 0) is 24.5 Å². The zero-order valence-electron chi connectivity index (χ0n) is 10.9. The molecule has 0 amide bonds. The van der Waals surface area contributed by atoms with Crippen LogP contribution < -0.4 is 24.0 Å². The Balaban J connectivity index is 0.00000180. The third kappa shape index (κ3) is 3.63. The minimum absolute atomic E-state index is 0. The molecule has 0 bridgehead atoms. The van der Waals surface area contributed by atoms with E-state index in [0.29, 0.717) is 0 Å². The molecule has 94 valence electrons. The molecule has 6 heteroatoms. The van der Waals surface area contributed by atoms with Crippen LogP contribution in [0.4, 0.5) is 0 Å². The molecular formula is C13H13LiN2O3. The van der Waals surface area contributed by atoms with E-state index in [1.54, 1.807) is 6.20 Å². The van der Waals surface area contributed by atoms with Crippen LogP contribution in [0.5, 0.6) is 0 Å². The van der Waals surface area contributed by atoms with Crippen LogP contribution >= 0.6 is 0 Å². The van der Waals surface area contributed by atoms with Gasteiger partial charge in [0, 0.05) is 23.5 Å². The number of hydrogen-bond acceptors (Lipinski definition) is 3. The number of para-hydroxylation sites is 1. The van der Waals surface area contributed by atoms with Crippen LogP contribution in [0.25, 0.3) is 10.9 Å². The van der Waals surface area contributed by atoms with Crippen molar-refractivity contribution in [3.05, 3.63) is 36.0 Å². The molecule has 0 aliphatic carbocycles. The van der Waals surface area contributed by atoms with E-state index in [0.717, 1.165) is 16.5 Å². The van der Waals surface area contributed by atoms with Gasteiger partial charge in [0.1, 0.15) is 6.04 Å². The van der Waals surface area contributed by atoms with E-state index in [1.807, 2.05) is 24.3 Å². The Hall–Kier alpha value is -1.70. The Bertz CT molecular complexity index is 603. The van der Waals surface area contributed by atoms with Gasteiger partial charge < -0.3 is 15.2 Å². The molecule has 0 unspecified atom stereocenters. The zero-order chi connectivity index (χ0) is 13.1. The zero-order valence-corrected chi connectivity index (χ0v) is 10.9. The molecule has 2 aromatic rings. The van der Waals surface area contributed by atoms with Crippen molar-refractivity contribution in [1.82, 2.24) is 4.98 Å². The summed E-state index contributed by atoms with van der Waals surface area (Å²) in [5.74, 6) is -1.56. The molecule has 2 rings (SSSR count). The molecule has 0 saturated carbocycles. The van der Waals surface area contributed by atoms with Crippen LogP contribution in [0.2, 0.25) is 0 Å². The van der Waals surface area contributed by atoms with Gasteiger partial charge in [-0.15, -0.1) is 0 Å². The van der Waals surface area contributed by atoms with Crippen molar-refractivity contribution in [2.45, 2.75) is 19.4 Å². The molecule has 5 nitrogen and oxygen atoms in total. The van der Waals surface area contributed by atoms with E-state index in [2.05, 4.69) is 9.98 Å². The number of fused-ring (bicyclic) bond motifs is 1. The minimum atomic E-state index is -1.09. The summed E-state index contributed by atoms with van der Waals surface area (Å²) < 4.78 is 0. The van der Waals surface area contributed by atoms with Crippen molar-refractivity contribution in [3.8, 4) is 0 Å². The van der Waals surface area contributed by atoms with E-state index in [4.69, 9.17) is 5.11 Å². The van der Waals surface area contributed by atoms with Crippen LogP contribution in [0, 0.1) is 0 Å². The standard InChI is InChI=1S/C13H14N2O3.Li/c1-8(16)15-12(13(17)18)6-9-7-14-11-5-3-2-4-10(9)11;/h2-5,7,12,14H,6H2,1H3,(H,15,16)(H,17,18);/q;+1/p-1/t12-;/m0./s1. The predicted molar refractivity (Wildman–Crippen MR) is 66.5 cm³/mol. The van der Waals surface area contributed by atoms with E-state index < -0.39 is 17.9 Å². The monoisotopic (exact) mass is 252 g/mol. The fourth-order valence-corrected chi connectivity index (χ4v) is 1.92. The Kier molecular flexibility index (Phi) is 5.22. The second-order valence-corrected chi connectivity index (χ2v) is 4.07. The molecule has 0 radical (unpaired) electrons. The van der Waals surface area contributed by atoms with Crippen LogP contribution in [0.1, 0.15) is 12.5 Å². The summed E-state index contributed by atoms with van der Waals surface area (Å²) in [7, 11) is 0. The second kappa shape index (κ2) is 6.46. The van der Waals surface area contributed by atoms with Gasteiger partial charge in [-0.2, -0.15) is 0 Å². The number of carboxylic acids is 1. The number of H-pyrrole nitrogens is 1. The number of aromatic amines is 1. The largest absolute Gasteiger partial charge is 1.00 e. The summed E-state index contributed by atoms with van der Waals surface area (Å²) in [5, 5.41) is 20.9. The third-order valence-corrected chi connectivity index (χ3v) is 2.71. The summed E-state index contributed by atoms with van der Waals surface area (Å²) in [4.78, 5) is 17.7. The van der Waals surface area contributed by atoms with Crippen molar-refractivity contribution in [2.24, 2.45) is 4.99 Å². The minimum Gasteiger partial charge on any atom is -0.862 e. The van der Waals surface area contributed by atoms with E-state index in [9.17, 15) is 9.90 Å². The van der Waals surface area contributed by atoms with Gasteiger partial charge in [-0.3, -0.25) is 4.99 Å². The van der Waals surface area contributed by atoms with E-state index in [-0.39, 0.29) is 25.3 Å². The molecule has 0 spiro atoms. The molecule has 0 aliphatic heterocycles. The third-order valence-electron chi connectivity index (χ3n) is 2.71. The molecule has 0 saturated heterocycles. The Labute approximate surface area is 122 Å². The van der Waals surface area contributed by atoms with Gasteiger partial charge in [0.2, 0.25) is 0 Å². The number of carboxylic acid groups (broad SMARTS) is 1. The van der Waals surface area contributed by atoms with Crippen LogP contribution in [0.3, 0.4) is 0 Å². The molecule has 0 fully saturated rings. The first kappa shape index (κ1) is 15.4. The van der Waals surface area contributed by atoms with Gasteiger partial charge >= 0.3 is 24.8 Å². The van der Waals surface area contributed by atoms with Gasteiger partial charge in [0.25, 0.3) is 0 Å². The fourth-order valence-electron chi connectivity index (χ4n) is 1.92. The summed E-state index contributed by atoms with van der Waals surface area (Å²) in [6.07, 6.45) is 1.97. The molecule has 0 aliphatic rings. The molecular weight excluding hydrogens is 239 g/mol. The van der Waals surface area contributed by atoms with Gasteiger partial charge in [-0.1, -0.05) is 18.2 Å². The predicted octanol–water partition coefficient (Wildman–Crippen LogP) is -2.05. The Morgan fingerprint density at radius 1 is 1.47 bits per heavy atom. The Morgan fingerprint density at radius 3 is 2.79 bits per heavy atom. The van der Waals surface area contributed by atoms with Crippen molar-refractivity contribution < 1.29 is 33.9 Å². The van der Waals surface area contributed by atoms with E-state index in [1.165, 1.54) is 6.92 Å². The number of rotatable bonds is 4. The van der Waals surface area contributed by atoms with Gasteiger partial charge in [0.15, 0.2) is 0 Å². The number of aromatic nitrogens is 1. The smallest absolute Gasteiger partial charge is 0.862 e. The van der Waals surface area contributed by atoms with Crippen molar-refractivity contribution >= 4 is 22.8 Å². The first-order valence-corrected chi connectivity index (χ1v) is 5.57. The van der Waals surface area contributed by atoms with Crippen molar-refractivity contribution in [3.63, 3.8) is 0 Å². The van der Waals surface area contributed by atoms with Crippen LogP contribution in [-0.2, 0) is 11.2 Å². The number of nitrogens with zero attached hydrogens (tertiary/aromatic N) is 1. The van der Waals surface area contributed by atoms with Crippen LogP contribution in [0.15, 0.2) is 35.5 Å². The van der Waals surface area contributed by atoms with E-state index >= 15 is 0 Å². The first-order valence-electron chi connectivity index (χ1n) is 5.57. The number of aliphatic carboxylic acids is 1. The maximum Gasteiger partial charge on any atom is 1.00 e. The molecule has 1 aromatic heterocycles. The van der Waals surface area contributed by atoms with Crippen LogP contribution in [-0.4, -0.2) is 28.0 Å². The maximum atomic E-state index is 11.0. The molecule has 1 atom stereocenters. The maximum absolute atomic E-state index is 11.0. The van der Waals surface area contributed by atoms with Crippen molar-refractivity contribution in [1.29, 1.82) is 0 Å². The average Bonchev–Trinajstić information content (AvgIpc) is 2.71. The molecule has 1 heterocycles. The summed E-state index contributed by atoms with van der Waals surface area (Å²) in [6.45, 7) is 1.26. The quantitative estimate of drug-likeness (QED) is 0.373. The normalized spacial score (nSPS) is 13.0. The summed E-state index contributed by atoms with van der Waals surface area (Å²) in [5.41, 5.74) is 1.79. The molecule has 2 N–H and O–H groups in total. The van der Waals surface area contributed by atoms with Crippen molar-refractivity contribution in [2.75, 3.05) is 0 Å². The number of hydrogen-bond donors (Lipinski definition) is 2. The number of nitrogens with one attached hydrogen (secondary N) is 1. The summed E-state index contributed by atoms with van der Waals surface area (Å²) in [6, 6.07) is 6.58.